The standard InChI is InChI=1S/C23H31NO2/c1-3-18-5-4-6-20(15-18)16-19-11-13-24(14-12-19)17(2)23(26)21-7-9-22(25)10-8-21/h4-10,15,17,19,23,25-26H,3,11-14,16H2,1-2H3. The van der Waals surface area contributed by atoms with E-state index in [9.17, 15) is 10.2 Å². The number of phenolic OH excluding ortho intramolecular Hbond substituents is 1. The lowest BCUT2D eigenvalue weighted by atomic mass is 9.88. The van der Waals surface area contributed by atoms with Crippen molar-refractivity contribution in [3.8, 4) is 5.75 Å². The molecule has 0 amide bonds. The Bertz CT molecular complexity index is 690. The van der Waals surface area contributed by atoms with Crippen LogP contribution in [0.15, 0.2) is 48.5 Å². The summed E-state index contributed by atoms with van der Waals surface area (Å²) in [5.41, 5.74) is 3.75. The Morgan fingerprint density at radius 3 is 2.35 bits per heavy atom. The Kier molecular flexibility index (Phi) is 6.33. The molecule has 3 rings (SSSR count). The van der Waals surface area contributed by atoms with Crippen molar-refractivity contribution in [2.45, 2.75) is 51.7 Å². The van der Waals surface area contributed by atoms with Gasteiger partial charge in [-0.3, -0.25) is 4.90 Å². The van der Waals surface area contributed by atoms with Gasteiger partial charge in [-0.2, -0.15) is 0 Å². The fourth-order valence-electron chi connectivity index (χ4n) is 4.02. The summed E-state index contributed by atoms with van der Waals surface area (Å²) < 4.78 is 0. The zero-order valence-corrected chi connectivity index (χ0v) is 15.9. The van der Waals surface area contributed by atoms with Gasteiger partial charge in [0, 0.05) is 6.04 Å². The van der Waals surface area contributed by atoms with E-state index in [1.807, 2.05) is 12.1 Å². The third-order valence-corrected chi connectivity index (χ3v) is 5.84. The number of aromatic hydroxyl groups is 1. The van der Waals surface area contributed by atoms with Crippen molar-refractivity contribution in [2.24, 2.45) is 5.92 Å². The average molecular weight is 354 g/mol. The van der Waals surface area contributed by atoms with Gasteiger partial charge in [-0.25, -0.2) is 0 Å². The molecule has 1 heterocycles. The SMILES string of the molecule is CCc1cccc(CC2CCN(C(C)C(O)c3ccc(O)cc3)CC2)c1. The molecule has 140 valence electrons. The van der Waals surface area contributed by atoms with Gasteiger partial charge in [0.15, 0.2) is 0 Å². The molecular formula is C23H31NO2. The molecule has 0 aromatic heterocycles. The predicted molar refractivity (Wildman–Crippen MR) is 106 cm³/mol. The van der Waals surface area contributed by atoms with Crippen molar-refractivity contribution in [1.29, 1.82) is 0 Å². The van der Waals surface area contributed by atoms with E-state index in [-0.39, 0.29) is 11.8 Å². The lowest BCUT2D eigenvalue weighted by Crippen LogP contribution is -2.43. The molecule has 0 radical (unpaired) electrons. The Hall–Kier alpha value is -1.84. The first-order valence-electron chi connectivity index (χ1n) is 9.85. The summed E-state index contributed by atoms with van der Waals surface area (Å²) in [6.45, 7) is 6.38. The van der Waals surface area contributed by atoms with Crippen molar-refractivity contribution in [1.82, 2.24) is 4.90 Å². The van der Waals surface area contributed by atoms with Crippen LogP contribution in [-0.2, 0) is 12.8 Å². The summed E-state index contributed by atoms with van der Waals surface area (Å²) in [5, 5.41) is 20.1. The van der Waals surface area contributed by atoms with Crippen LogP contribution in [0.2, 0.25) is 0 Å². The fourth-order valence-corrected chi connectivity index (χ4v) is 4.02. The molecule has 0 bridgehead atoms. The molecule has 2 aromatic carbocycles. The lowest BCUT2D eigenvalue weighted by Gasteiger charge is -2.38. The number of rotatable bonds is 6. The van der Waals surface area contributed by atoms with Crippen molar-refractivity contribution >= 4 is 0 Å². The molecule has 3 heteroatoms. The van der Waals surface area contributed by atoms with Crippen molar-refractivity contribution in [2.75, 3.05) is 13.1 Å². The second-order valence-corrected chi connectivity index (χ2v) is 7.63. The van der Waals surface area contributed by atoms with Crippen LogP contribution in [0, 0.1) is 5.92 Å². The van der Waals surface area contributed by atoms with Gasteiger partial charge in [0.2, 0.25) is 0 Å². The Morgan fingerprint density at radius 2 is 1.69 bits per heavy atom. The molecule has 1 saturated heterocycles. The molecule has 0 saturated carbocycles. The summed E-state index contributed by atoms with van der Waals surface area (Å²) in [7, 11) is 0. The number of aryl methyl sites for hydroxylation is 1. The predicted octanol–water partition coefficient (Wildman–Crippen LogP) is 4.33. The summed E-state index contributed by atoms with van der Waals surface area (Å²) in [6.07, 6.45) is 4.11. The van der Waals surface area contributed by atoms with Crippen molar-refractivity contribution in [3.63, 3.8) is 0 Å². The van der Waals surface area contributed by atoms with Gasteiger partial charge in [-0.05, 0) is 80.4 Å². The molecular weight excluding hydrogens is 322 g/mol. The van der Waals surface area contributed by atoms with E-state index in [1.54, 1.807) is 12.1 Å². The monoisotopic (exact) mass is 353 g/mol. The van der Waals surface area contributed by atoms with E-state index < -0.39 is 6.10 Å². The zero-order valence-electron chi connectivity index (χ0n) is 15.9. The molecule has 0 aliphatic carbocycles. The van der Waals surface area contributed by atoms with Crippen LogP contribution < -0.4 is 0 Å². The highest BCUT2D eigenvalue weighted by atomic mass is 16.3. The van der Waals surface area contributed by atoms with Crippen LogP contribution in [0.25, 0.3) is 0 Å². The number of nitrogens with zero attached hydrogens (tertiary/aromatic N) is 1. The van der Waals surface area contributed by atoms with Gasteiger partial charge in [-0.1, -0.05) is 43.3 Å². The first-order valence-corrected chi connectivity index (χ1v) is 9.85. The van der Waals surface area contributed by atoms with E-state index in [1.165, 1.54) is 24.0 Å². The molecule has 1 aliphatic heterocycles. The average Bonchev–Trinajstić information content (AvgIpc) is 2.68. The summed E-state index contributed by atoms with van der Waals surface area (Å²) in [4.78, 5) is 2.40. The van der Waals surface area contributed by atoms with Crippen LogP contribution >= 0.6 is 0 Å². The highest BCUT2D eigenvalue weighted by Gasteiger charge is 2.27. The quantitative estimate of drug-likeness (QED) is 0.812. The topological polar surface area (TPSA) is 43.7 Å². The second-order valence-electron chi connectivity index (χ2n) is 7.63. The maximum Gasteiger partial charge on any atom is 0.115 e. The van der Waals surface area contributed by atoms with Gasteiger partial charge < -0.3 is 10.2 Å². The summed E-state index contributed by atoms with van der Waals surface area (Å²) in [6, 6.07) is 16.0. The highest BCUT2D eigenvalue weighted by molar-refractivity contribution is 5.28. The van der Waals surface area contributed by atoms with Crippen LogP contribution in [0.3, 0.4) is 0 Å². The number of aliphatic hydroxyl groups excluding tert-OH is 1. The zero-order chi connectivity index (χ0) is 18.5. The van der Waals surface area contributed by atoms with Crippen molar-refractivity contribution in [3.05, 3.63) is 65.2 Å². The number of aliphatic hydroxyl groups is 1. The minimum atomic E-state index is -0.520. The van der Waals surface area contributed by atoms with Crippen LogP contribution in [0.1, 0.15) is 49.5 Å². The smallest absolute Gasteiger partial charge is 0.115 e. The molecule has 2 unspecified atom stereocenters. The van der Waals surface area contributed by atoms with Crippen LogP contribution in [-0.4, -0.2) is 34.2 Å². The maximum absolute atomic E-state index is 10.7. The normalized spacial score (nSPS) is 18.6. The largest absolute Gasteiger partial charge is 0.508 e. The van der Waals surface area contributed by atoms with E-state index in [4.69, 9.17) is 0 Å². The van der Waals surface area contributed by atoms with Gasteiger partial charge in [0.05, 0.1) is 6.10 Å². The van der Waals surface area contributed by atoms with Gasteiger partial charge in [0.1, 0.15) is 5.75 Å². The third kappa shape index (κ3) is 4.66. The third-order valence-electron chi connectivity index (χ3n) is 5.84. The number of hydrogen-bond donors (Lipinski definition) is 2. The molecule has 2 N–H and O–H groups in total. The maximum atomic E-state index is 10.7. The van der Waals surface area contributed by atoms with Gasteiger partial charge in [-0.15, -0.1) is 0 Å². The first kappa shape index (κ1) is 18.9. The van der Waals surface area contributed by atoms with E-state index in [2.05, 4.69) is 43.0 Å². The van der Waals surface area contributed by atoms with Crippen LogP contribution in [0.4, 0.5) is 0 Å². The molecule has 3 nitrogen and oxygen atoms in total. The lowest BCUT2D eigenvalue weighted by molar-refractivity contribution is 0.0373. The van der Waals surface area contributed by atoms with E-state index in [0.717, 1.165) is 37.4 Å². The van der Waals surface area contributed by atoms with E-state index in [0.29, 0.717) is 0 Å². The van der Waals surface area contributed by atoms with Gasteiger partial charge in [0.25, 0.3) is 0 Å². The molecule has 26 heavy (non-hydrogen) atoms. The van der Waals surface area contributed by atoms with Crippen LogP contribution in [0.5, 0.6) is 5.75 Å². The fraction of sp³-hybridized carbons (Fsp3) is 0.478. The minimum absolute atomic E-state index is 0.0870. The molecule has 1 fully saturated rings. The molecule has 0 spiro atoms. The number of piperidine rings is 1. The molecule has 2 aromatic rings. The Morgan fingerprint density at radius 1 is 1.04 bits per heavy atom. The number of likely N-dealkylation sites (tertiary alicyclic amines) is 1. The van der Waals surface area contributed by atoms with Gasteiger partial charge >= 0.3 is 0 Å². The number of hydrogen-bond acceptors (Lipinski definition) is 3. The van der Waals surface area contributed by atoms with E-state index >= 15 is 0 Å². The number of benzene rings is 2. The summed E-state index contributed by atoms with van der Waals surface area (Å²) >= 11 is 0. The molecule has 1 aliphatic rings. The second kappa shape index (κ2) is 8.70. The highest BCUT2D eigenvalue weighted by Crippen LogP contribution is 2.28. The van der Waals surface area contributed by atoms with Crippen molar-refractivity contribution < 1.29 is 10.2 Å². The minimum Gasteiger partial charge on any atom is -0.508 e. The summed E-state index contributed by atoms with van der Waals surface area (Å²) in [5.74, 6) is 0.970. The molecule has 2 atom stereocenters. The Labute approximate surface area is 157 Å². The number of phenols is 1. The Balaban J connectivity index is 1.53. The first-order chi connectivity index (χ1) is 12.6.